The van der Waals surface area contributed by atoms with Crippen molar-refractivity contribution in [1.29, 1.82) is 0 Å². The highest BCUT2D eigenvalue weighted by Gasteiger charge is 2.16. The van der Waals surface area contributed by atoms with E-state index in [4.69, 9.17) is 5.73 Å². The van der Waals surface area contributed by atoms with Gasteiger partial charge in [-0.2, -0.15) is 0 Å². The summed E-state index contributed by atoms with van der Waals surface area (Å²) in [6, 6.07) is 21.0. The Labute approximate surface area is 158 Å². The maximum atomic E-state index is 5.99. The monoisotopic (exact) mass is 361 g/mol. The number of aromatic nitrogens is 1. The van der Waals surface area contributed by atoms with E-state index in [9.17, 15) is 0 Å². The van der Waals surface area contributed by atoms with Crippen molar-refractivity contribution in [2.45, 2.75) is 12.8 Å². The summed E-state index contributed by atoms with van der Waals surface area (Å²) in [6.07, 6.45) is 4.48. The van der Waals surface area contributed by atoms with Crippen molar-refractivity contribution < 1.29 is 0 Å². The molecule has 0 radical (unpaired) electrons. The Morgan fingerprint density at radius 1 is 0.962 bits per heavy atom. The molecule has 1 aromatic heterocycles. The molecule has 0 saturated heterocycles. The minimum atomic E-state index is 0.656. The fourth-order valence-corrected chi connectivity index (χ4v) is 4.29. The molecule has 132 valence electrons. The average molecular weight is 362 g/mol. The smallest absolute Gasteiger partial charge is 0.180 e. The number of benzene rings is 2. The third-order valence-electron chi connectivity index (χ3n) is 4.85. The van der Waals surface area contributed by atoms with Crippen LogP contribution in [0, 0.1) is 0 Å². The molecule has 0 spiro atoms. The van der Waals surface area contributed by atoms with Crippen LogP contribution in [-0.2, 0) is 6.42 Å². The number of nitrogens with zero attached hydrogens (tertiary/aromatic N) is 2. The van der Waals surface area contributed by atoms with Gasteiger partial charge in [-0.25, -0.2) is 4.98 Å². The number of nitrogens with two attached hydrogens (primary N) is 1. The highest BCUT2D eigenvalue weighted by molar-refractivity contribution is 7.15. The zero-order chi connectivity index (χ0) is 17.8. The van der Waals surface area contributed by atoms with Gasteiger partial charge in [-0.1, -0.05) is 66.7 Å². The van der Waals surface area contributed by atoms with Crippen LogP contribution in [0.2, 0.25) is 0 Å². The predicted octanol–water partition coefficient (Wildman–Crippen LogP) is 4.72. The molecule has 0 amide bonds. The minimum Gasteiger partial charge on any atom is -0.375 e. The van der Waals surface area contributed by atoms with E-state index >= 15 is 0 Å². The predicted molar refractivity (Wildman–Crippen MR) is 111 cm³/mol. The van der Waals surface area contributed by atoms with E-state index in [2.05, 4.69) is 70.6 Å². The van der Waals surface area contributed by atoms with Gasteiger partial charge in [0.25, 0.3) is 0 Å². The van der Waals surface area contributed by atoms with Crippen LogP contribution in [-0.4, -0.2) is 29.5 Å². The zero-order valence-corrected chi connectivity index (χ0v) is 15.6. The molecule has 0 aliphatic carbocycles. The van der Waals surface area contributed by atoms with Gasteiger partial charge in [0.05, 0.1) is 5.69 Å². The fourth-order valence-electron chi connectivity index (χ4n) is 3.45. The van der Waals surface area contributed by atoms with Gasteiger partial charge in [0.1, 0.15) is 0 Å². The van der Waals surface area contributed by atoms with E-state index in [0.29, 0.717) is 5.13 Å². The van der Waals surface area contributed by atoms with Crippen LogP contribution in [0.25, 0.3) is 16.8 Å². The second kappa shape index (κ2) is 7.85. The Balaban J connectivity index is 1.41. The third kappa shape index (κ3) is 3.87. The van der Waals surface area contributed by atoms with Crippen molar-refractivity contribution in [3.05, 3.63) is 77.2 Å². The van der Waals surface area contributed by atoms with Crippen LogP contribution in [0.1, 0.15) is 16.9 Å². The van der Waals surface area contributed by atoms with E-state index in [-0.39, 0.29) is 0 Å². The Hall–Kier alpha value is -2.43. The minimum absolute atomic E-state index is 0.656. The zero-order valence-electron chi connectivity index (χ0n) is 14.8. The largest absolute Gasteiger partial charge is 0.375 e. The molecular formula is C22H23N3S. The lowest BCUT2D eigenvalue weighted by molar-refractivity contribution is 0.306. The van der Waals surface area contributed by atoms with Gasteiger partial charge in [-0.15, -0.1) is 11.3 Å². The first-order chi connectivity index (χ1) is 12.8. The number of rotatable bonds is 5. The van der Waals surface area contributed by atoms with Gasteiger partial charge in [-0.05, 0) is 24.0 Å². The number of thiazole rings is 1. The molecule has 0 atom stereocenters. The van der Waals surface area contributed by atoms with E-state index in [1.165, 1.54) is 16.0 Å². The van der Waals surface area contributed by atoms with Crippen molar-refractivity contribution in [2.75, 3.05) is 25.4 Å². The standard InChI is InChI=1S/C22H23N3S/c23-22-24-21(19-9-5-2-6-10-19)20(26-22)13-16-25-14-11-18(12-15-25)17-7-3-1-4-8-17/h1-11H,12-16H2,(H2,23,24). The highest BCUT2D eigenvalue weighted by atomic mass is 32.1. The van der Waals surface area contributed by atoms with Gasteiger partial charge >= 0.3 is 0 Å². The Bertz CT molecular complexity index is 884. The normalized spacial score (nSPS) is 15.0. The van der Waals surface area contributed by atoms with Crippen molar-refractivity contribution in [2.24, 2.45) is 0 Å². The molecule has 1 aliphatic rings. The van der Waals surface area contributed by atoms with Crippen molar-refractivity contribution >= 4 is 22.0 Å². The summed E-state index contributed by atoms with van der Waals surface area (Å²) >= 11 is 1.62. The third-order valence-corrected chi connectivity index (χ3v) is 5.80. The van der Waals surface area contributed by atoms with Crippen molar-refractivity contribution in [3.63, 3.8) is 0 Å². The topological polar surface area (TPSA) is 42.1 Å². The molecule has 4 rings (SSSR count). The summed E-state index contributed by atoms with van der Waals surface area (Å²) in [6.45, 7) is 3.16. The number of nitrogen functional groups attached to an aromatic ring is 1. The van der Waals surface area contributed by atoms with Crippen LogP contribution in [0.4, 0.5) is 5.13 Å². The molecular weight excluding hydrogens is 338 g/mol. The molecule has 3 nitrogen and oxygen atoms in total. The van der Waals surface area contributed by atoms with Crippen molar-refractivity contribution in [3.8, 4) is 11.3 Å². The summed E-state index contributed by atoms with van der Waals surface area (Å²) in [4.78, 5) is 8.36. The molecule has 4 heteroatoms. The maximum Gasteiger partial charge on any atom is 0.180 e. The Morgan fingerprint density at radius 3 is 2.31 bits per heavy atom. The molecule has 0 unspecified atom stereocenters. The molecule has 2 heterocycles. The van der Waals surface area contributed by atoms with Crippen LogP contribution in [0.5, 0.6) is 0 Å². The second-order valence-electron chi connectivity index (χ2n) is 6.59. The maximum absolute atomic E-state index is 5.99. The van der Waals surface area contributed by atoms with Crippen LogP contribution < -0.4 is 5.73 Å². The lowest BCUT2D eigenvalue weighted by Crippen LogP contribution is -2.30. The molecule has 0 bridgehead atoms. The number of hydrogen-bond donors (Lipinski definition) is 1. The molecule has 1 aliphatic heterocycles. The van der Waals surface area contributed by atoms with E-state index < -0.39 is 0 Å². The summed E-state index contributed by atoms with van der Waals surface area (Å²) in [7, 11) is 0. The molecule has 2 aromatic carbocycles. The average Bonchev–Trinajstić information content (AvgIpc) is 3.09. The summed E-state index contributed by atoms with van der Waals surface area (Å²) in [5.41, 5.74) is 11.0. The molecule has 3 aromatic rings. The van der Waals surface area contributed by atoms with Gasteiger partial charge in [0, 0.05) is 30.1 Å². The quantitative estimate of drug-likeness (QED) is 0.715. The number of anilines is 1. The Morgan fingerprint density at radius 2 is 1.65 bits per heavy atom. The summed E-state index contributed by atoms with van der Waals surface area (Å²) in [5, 5.41) is 0.656. The van der Waals surface area contributed by atoms with Crippen LogP contribution >= 0.6 is 11.3 Å². The van der Waals surface area contributed by atoms with E-state index in [1.807, 2.05) is 6.07 Å². The van der Waals surface area contributed by atoms with Gasteiger partial charge < -0.3 is 5.73 Å². The molecule has 26 heavy (non-hydrogen) atoms. The highest BCUT2D eigenvalue weighted by Crippen LogP contribution is 2.30. The number of hydrogen-bond acceptors (Lipinski definition) is 4. The summed E-state index contributed by atoms with van der Waals surface area (Å²) in [5.74, 6) is 0. The second-order valence-corrected chi connectivity index (χ2v) is 7.70. The van der Waals surface area contributed by atoms with Gasteiger partial charge in [-0.3, -0.25) is 4.90 Å². The lowest BCUT2D eigenvalue weighted by Gasteiger charge is -2.26. The van der Waals surface area contributed by atoms with Gasteiger partial charge in [0.2, 0.25) is 0 Å². The van der Waals surface area contributed by atoms with E-state index in [1.54, 1.807) is 11.3 Å². The first-order valence-corrected chi connectivity index (χ1v) is 9.88. The lowest BCUT2D eigenvalue weighted by atomic mass is 9.99. The molecule has 2 N–H and O–H groups in total. The van der Waals surface area contributed by atoms with Crippen molar-refractivity contribution in [1.82, 2.24) is 9.88 Å². The Kier molecular flexibility index (Phi) is 5.14. The molecule has 0 fully saturated rings. The fraction of sp³-hybridized carbons (Fsp3) is 0.227. The van der Waals surface area contributed by atoms with Crippen LogP contribution in [0.3, 0.4) is 0 Å². The van der Waals surface area contributed by atoms with Gasteiger partial charge in [0.15, 0.2) is 5.13 Å². The first-order valence-electron chi connectivity index (χ1n) is 9.07. The molecule has 0 saturated carbocycles. The van der Waals surface area contributed by atoms with Crippen LogP contribution in [0.15, 0.2) is 66.7 Å². The SMILES string of the molecule is Nc1nc(-c2ccccc2)c(CCN2CC=C(c3ccccc3)CC2)s1. The summed E-state index contributed by atoms with van der Waals surface area (Å²) < 4.78 is 0. The van der Waals surface area contributed by atoms with E-state index in [0.717, 1.165) is 43.7 Å². The first kappa shape index (κ1) is 17.0.